The summed E-state index contributed by atoms with van der Waals surface area (Å²) in [5.74, 6) is -0.839. The fraction of sp³-hybridized carbons (Fsp3) is 0.0909. The van der Waals surface area contributed by atoms with Gasteiger partial charge < -0.3 is 9.52 Å². The van der Waals surface area contributed by atoms with Crippen molar-refractivity contribution in [1.29, 1.82) is 0 Å². The number of fused-ring (bicyclic) bond motifs is 1. The molecule has 1 N–H and O–H groups in total. The molecule has 0 aliphatic carbocycles. The van der Waals surface area contributed by atoms with Gasteiger partial charge in [-0.2, -0.15) is 0 Å². The second-order valence-electron chi connectivity index (χ2n) is 3.08. The Bertz CT molecular complexity index is 513. The normalized spacial score (nSPS) is 11.2. The van der Waals surface area contributed by atoms with Crippen molar-refractivity contribution in [3.05, 3.63) is 36.2 Å². The Morgan fingerprint density at radius 3 is 3.20 bits per heavy atom. The first-order valence-corrected chi connectivity index (χ1v) is 4.47. The molecule has 0 bridgehead atoms. The summed E-state index contributed by atoms with van der Waals surface area (Å²) in [6, 6.07) is 5.51. The molecule has 76 valence electrons. The topological polar surface area (TPSA) is 63.3 Å². The van der Waals surface area contributed by atoms with Crippen LogP contribution in [0.3, 0.4) is 0 Å². The van der Waals surface area contributed by atoms with Crippen LogP contribution in [0.1, 0.15) is 12.0 Å². The summed E-state index contributed by atoms with van der Waals surface area (Å²) in [4.78, 5) is 14.3. The van der Waals surface area contributed by atoms with Crippen LogP contribution in [-0.4, -0.2) is 16.1 Å². The molecule has 0 unspecified atom stereocenters. The Kier molecular flexibility index (Phi) is 2.49. The molecule has 4 nitrogen and oxygen atoms in total. The van der Waals surface area contributed by atoms with Crippen LogP contribution in [0.2, 0.25) is 0 Å². The molecule has 0 atom stereocenters. The van der Waals surface area contributed by atoms with Gasteiger partial charge in [0.2, 0.25) is 0 Å². The first kappa shape index (κ1) is 9.45. The lowest BCUT2D eigenvalue weighted by atomic mass is 10.2. The number of nitrogens with zero attached hydrogens (tertiary/aromatic N) is 1. The average molecular weight is 203 g/mol. The molecule has 0 saturated heterocycles. The number of oxazole rings is 1. The smallest absolute Gasteiger partial charge is 0.307 e. The zero-order valence-corrected chi connectivity index (χ0v) is 7.88. The highest BCUT2D eigenvalue weighted by atomic mass is 16.4. The van der Waals surface area contributed by atoms with Crippen molar-refractivity contribution in [1.82, 2.24) is 4.98 Å². The van der Waals surface area contributed by atoms with Crippen molar-refractivity contribution in [3.63, 3.8) is 0 Å². The van der Waals surface area contributed by atoms with Crippen LogP contribution in [0.15, 0.2) is 35.1 Å². The van der Waals surface area contributed by atoms with Crippen molar-refractivity contribution in [2.24, 2.45) is 0 Å². The SMILES string of the molecule is O=C(O)CC=Cc1ccc2ocnc2c1. The molecule has 1 aromatic carbocycles. The zero-order valence-electron chi connectivity index (χ0n) is 7.88. The van der Waals surface area contributed by atoms with Gasteiger partial charge in [0.05, 0.1) is 6.42 Å². The van der Waals surface area contributed by atoms with Crippen LogP contribution in [-0.2, 0) is 4.79 Å². The van der Waals surface area contributed by atoms with Gasteiger partial charge in [-0.3, -0.25) is 4.79 Å². The van der Waals surface area contributed by atoms with E-state index in [1.54, 1.807) is 12.2 Å². The first-order valence-electron chi connectivity index (χ1n) is 4.47. The first-order chi connectivity index (χ1) is 7.25. The number of carbonyl (C=O) groups is 1. The van der Waals surface area contributed by atoms with E-state index in [1.165, 1.54) is 6.39 Å². The molecule has 0 saturated carbocycles. The van der Waals surface area contributed by atoms with Crippen LogP contribution in [0.5, 0.6) is 0 Å². The van der Waals surface area contributed by atoms with E-state index in [1.807, 2.05) is 18.2 Å². The van der Waals surface area contributed by atoms with Crippen molar-refractivity contribution in [2.45, 2.75) is 6.42 Å². The van der Waals surface area contributed by atoms with Gasteiger partial charge in [-0.05, 0) is 17.7 Å². The number of rotatable bonds is 3. The van der Waals surface area contributed by atoms with Gasteiger partial charge >= 0.3 is 5.97 Å². The van der Waals surface area contributed by atoms with E-state index >= 15 is 0 Å². The van der Waals surface area contributed by atoms with Crippen LogP contribution in [0, 0.1) is 0 Å². The standard InChI is InChI=1S/C11H9NO3/c13-11(14)3-1-2-8-4-5-10-9(6-8)12-7-15-10/h1-2,4-7H,3H2,(H,13,14). The maximum atomic E-state index is 10.3. The number of hydrogen-bond acceptors (Lipinski definition) is 3. The summed E-state index contributed by atoms with van der Waals surface area (Å²) < 4.78 is 5.09. The zero-order chi connectivity index (χ0) is 10.7. The lowest BCUT2D eigenvalue weighted by Gasteiger charge is -1.91. The number of carboxylic acids is 1. The Morgan fingerprint density at radius 1 is 1.53 bits per heavy atom. The third-order valence-electron chi connectivity index (χ3n) is 1.96. The second kappa shape index (κ2) is 3.96. The summed E-state index contributed by atoms with van der Waals surface area (Å²) in [5.41, 5.74) is 2.41. The lowest BCUT2D eigenvalue weighted by Crippen LogP contribution is -1.89. The maximum Gasteiger partial charge on any atom is 0.307 e. The van der Waals surface area contributed by atoms with E-state index in [9.17, 15) is 4.79 Å². The maximum absolute atomic E-state index is 10.3. The van der Waals surface area contributed by atoms with E-state index in [0.29, 0.717) is 0 Å². The van der Waals surface area contributed by atoms with Gasteiger partial charge in [0, 0.05) is 0 Å². The van der Waals surface area contributed by atoms with Crippen LogP contribution in [0.25, 0.3) is 17.2 Å². The van der Waals surface area contributed by atoms with E-state index in [-0.39, 0.29) is 6.42 Å². The van der Waals surface area contributed by atoms with Crippen molar-refractivity contribution >= 4 is 23.1 Å². The minimum Gasteiger partial charge on any atom is -0.481 e. The van der Waals surface area contributed by atoms with Gasteiger partial charge in [0.25, 0.3) is 0 Å². The Hall–Kier alpha value is -2.10. The van der Waals surface area contributed by atoms with Gasteiger partial charge in [0.1, 0.15) is 5.52 Å². The van der Waals surface area contributed by atoms with Crippen molar-refractivity contribution < 1.29 is 14.3 Å². The number of carboxylic acid groups (broad SMARTS) is 1. The Labute approximate surface area is 85.9 Å². The molecule has 2 rings (SSSR count). The molecular weight excluding hydrogens is 194 g/mol. The van der Waals surface area contributed by atoms with Crippen molar-refractivity contribution in [2.75, 3.05) is 0 Å². The molecule has 4 heteroatoms. The van der Waals surface area contributed by atoms with Crippen molar-refractivity contribution in [3.8, 4) is 0 Å². The molecule has 0 aliphatic heterocycles. The predicted octanol–water partition coefficient (Wildman–Crippen LogP) is 2.32. The highest BCUT2D eigenvalue weighted by Gasteiger charge is 1.97. The van der Waals surface area contributed by atoms with E-state index in [2.05, 4.69) is 4.98 Å². The quantitative estimate of drug-likeness (QED) is 0.831. The van der Waals surface area contributed by atoms with Gasteiger partial charge in [-0.25, -0.2) is 4.98 Å². The fourth-order valence-electron chi connectivity index (χ4n) is 1.27. The van der Waals surface area contributed by atoms with E-state index in [4.69, 9.17) is 9.52 Å². The summed E-state index contributed by atoms with van der Waals surface area (Å²) >= 11 is 0. The summed E-state index contributed by atoms with van der Waals surface area (Å²) in [5, 5.41) is 8.45. The second-order valence-corrected chi connectivity index (χ2v) is 3.08. The molecule has 0 fully saturated rings. The number of aliphatic carboxylic acids is 1. The summed E-state index contributed by atoms with van der Waals surface area (Å²) in [6.07, 6.45) is 4.76. The average Bonchev–Trinajstić information content (AvgIpc) is 2.64. The van der Waals surface area contributed by atoms with Gasteiger partial charge in [-0.1, -0.05) is 18.2 Å². The van der Waals surface area contributed by atoms with Crippen LogP contribution < -0.4 is 0 Å². The van der Waals surface area contributed by atoms with Crippen LogP contribution >= 0.6 is 0 Å². The monoisotopic (exact) mass is 203 g/mol. The number of hydrogen-bond donors (Lipinski definition) is 1. The third-order valence-corrected chi connectivity index (χ3v) is 1.96. The summed E-state index contributed by atoms with van der Waals surface area (Å²) in [7, 11) is 0. The molecular formula is C11H9NO3. The fourth-order valence-corrected chi connectivity index (χ4v) is 1.27. The molecule has 15 heavy (non-hydrogen) atoms. The number of benzene rings is 1. The van der Waals surface area contributed by atoms with Gasteiger partial charge in [0.15, 0.2) is 12.0 Å². The number of aromatic nitrogens is 1. The highest BCUT2D eigenvalue weighted by Crippen LogP contribution is 2.15. The minimum absolute atomic E-state index is 0.0247. The molecule has 1 heterocycles. The minimum atomic E-state index is -0.839. The molecule has 1 aromatic heterocycles. The molecule has 2 aromatic rings. The van der Waals surface area contributed by atoms with Crippen LogP contribution in [0.4, 0.5) is 0 Å². The molecule has 0 radical (unpaired) electrons. The highest BCUT2D eigenvalue weighted by molar-refractivity contribution is 5.76. The van der Waals surface area contributed by atoms with E-state index < -0.39 is 5.97 Å². The Balaban J connectivity index is 2.21. The summed E-state index contributed by atoms with van der Waals surface area (Å²) in [6.45, 7) is 0. The van der Waals surface area contributed by atoms with Gasteiger partial charge in [-0.15, -0.1) is 0 Å². The lowest BCUT2D eigenvalue weighted by molar-refractivity contribution is -0.135. The molecule has 0 spiro atoms. The Morgan fingerprint density at radius 2 is 2.40 bits per heavy atom. The molecule has 0 aliphatic rings. The largest absolute Gasteiger partial charge is 0.481 e. The van der Waals surface area contributed by atoms with E-state index in [0.717, 1.165) is 16.7 Å². The third kappa shape index (κ3) is 2.22. The molecule has 0 amide bonds. The predicted molar refractivity (Wildman–Crippen MR) is 55.3 cm³/mol.